The molecule has 4 amide bonds. The summed E-state index contributed by atoms with van der Waals surface area (Å²) >= 11 is 0. The van der Waals surface area contributed by atoms with E-state index in [1.807, 2.05) is 56.3 Å². The number of imide groups is 1. The van der Waals surface area contributed by atoms with Crippen molar-refractivity contribution in [3.8, 4) is 0 Å². The van der Waals surface area contributed by atoms with Crippen molar-refractivity contribution in [2.75, 3.05) is 11.9 Å². The Bertz CT molecular complexity index is 849. The van der Waals surface area contributed by atoms with Crippen LogP contribution in [0.15, 0.2) is 54.6 Å². The summed E-state index contributed by atoms with van der Waals surface area (Å²) in [7, 11) is 0. The lowest BCUT2D eigenvalue weighted by Crippen LogP contribution is -2.44. The van der Waals surface area contributed by atoms with Crippen molar-refractivity contribution in [1.82, 2.24) is 10.2 Å². The van der Waals surface area contributed by atoms with Gasteiger partial charge in [0.15, 0.2) is 0 Å². The number of aryl methyl sites for hydroxylation is 1. The first-order chi connectivity index (χ1) is 13.0. The van der Waals surface area contributed by atoms with Crippen LogP contribution in [0.2, 0.25) is 0 Å². The Morgan fingerprint density at radius 1 is 1.07 bits per heavy atom. The zero-order valence-electron chi connectivity index (χ0n) is 15.5. The molecule has 6 heteroatoms. The normalized spacial score (nSPS) is 19.1. The van der Waals surface area contributed by atoms with Crippen LogP contribution in [0.3, 0.4) is 0 Å². The summed E-state index contributed by atoms with van der Waals surface area (Å²) in [6.07, 6.45) is 1.18. The van der Waals surface area contributed by atoms with Gasteiger partial charge in [-0.25, -0.2) is 4.79 Å². The minimum atomic E-state index is -1.11. The molecule has 1 aliphatic rings. The van der Waals surface area contributed by atoms with Crippen LogP contribution < -0.4 is 10.6 Å². The SMILES string of the molecule is CCC[C@]1(c2ccccc2)NC(=O)N(CC(=O)Nc2ccc(C)cc2)C1=O. The lowest BCUT2D eigenvalue weighted by atomic mass is 9.85. The van der Waals surface area contributed by atoms with E-state index in [2.05, 4.69) is 10.6 Å². The fraction of sp³-hybridized carbons (Fsp3) is 0.286. The van der Waals surface area contributed by atoms with Gasteiger partial charge in [-0.1, -0.05) is 61.4 Å². The monoisotopic (exact) mass is 365 g/mol. The van der Waals surface area contributed by atoms with E-state index in [0.717, 1.165) is 16.0 Å². The molecule has 140 valence electrons. The average Bonchev–Trinajstić information content (AvgIpc) is 2.90. The van der Waals surface area contributed by atoms with E-state index in [-0.39, 0.29) is 12.5 Å². The second-order valence-corrected chi connectivity index (χ2v) is 6.76. The van der Waals surface area contributed by atoms with Crippen molar-refractivity contribution >= 4 is 23.5 Å². The average molecular weight is 365 g/mol. The Morgan fingerprint density at radius 3 is 2.37 bits per heavy atom. The molecule has 2 aromatic carbocycles. The van der Waals surface area contributed by atoms with Gasteiger partial charge in [0.1, 0.15) is 12.1 Å². The fourth-order valence-electron chi connectivity index (χ4n) is 3.36. The number of carbonyl (C=O) groups excluding carboxylic acids is 3. The van der Waals surface area contributed by atoms with Crippen molar-refractivity contribution in [2.24, 2.45) is 0 Å². The standard InChI is InChI=1S/C21H23N3O3/c1-3-13-21(16-7-5-4-6-8-16)19(26)24(20(27)23-21)14-18(25)22-17-11-9-15(2)10-12-17/h4-12H,3,13-14H2,1-2H3,(H,22,25)(H,23,27)/t21-/m1/s1. The molecule has 0 unspecified atom stereocenters. The molecule has 0 aromatic heterocycles. The molecule has 0 saturated carbocycles. The third kappa shape index (κ3) is 3.69. The Balaban J connectivity index is 1.78. The van der Waals surface area contributed by atoms with Crippen molar-refractivity contribution in [1.29, 1.82) is 0 Å². The molecule has 1 heterocycles. The maximum atomic E-state index is 13.1. The molecular weight excluding hydrogens is 342 g/mol. The summed E-state index contributed by atoms with van der Waals surface area (Å²) in [5, 5.41) is 5.54. The molecule has 1 saturated heterocycles. The third-order valence-corrected chi connectivity index (χ3v) is 4.70. The maximum absolute atomic E-state index is 13.1. The Morgan fingerprint density at radius 2 is 1.74 bits per heavy atom. The van der Waals surface area contributed by atoms with Crippen LogP contribution in [-0.2, 0) is 15.1 Å². The number of carbonyl (C=O) groups is 3. The summed E-state index contributed by atoms with van der Waals surface area (Å²) < 4.78 is 0. The first-order valence-electron chi connectivity index (χ1n) is 9.02. The third-order valence-electron chi connectivity index (χ3n) is 4.70. The van der Waals surface area contributed by atoms with Gasteiger partial charge >= 0.3 is 6.03 Å². The van der Waals surface area contributed by atoms with Crippen molar-refractivity contribution in [3.05, 3.63) is 65.7 Å². The van der Waals surface area contributed by atoms with E-state index < -0.39 is 17.5 Å². The number of hydrogen-bond donors (Lipinski definition) is 2. The molecule has 0 spiro atoms. The van der Waals surface area contributed by atoms with Crippen LogP contribution in [0, 0.1) is 6.92 Å². The quantitative estimate of drug-likeness (QED) is 0.772. The molecule has 2 aromatic rings. The molecule has 3 rings (SSSR count). The van der Waals surface area contributed by atoms with Gasteiger partial charge in [0, 0.05) is 5.69 Å². The number of urea groups is 1. The highest BCUT2D eigenvalue weighted by molar-refractivity contribution is 6.10. The molecule has 27 heavy (non-hydrogen) atoms. The summed E-state index contributed by atoms with van der Waals surface area (Å²) in [6.45, 7) is 3.59. The van der Waals surface area contributed by atoms with E-state index in [0.29, 0.717) is 18.5 Å². The number of rotatable bonds is 6. The predicted octanol–water partition coefficient (Wildman–Crippen LogP) is 3.18. The summed E-state index contributed by atoms with van der Waals surface area (Å²) in [5.74, 6) is -0.803. The lowest BCUT2D eigenvalue weighted by molar-refractivity contribution is -0.134. The maximum Gasteiger partial charge on any atom is 0.325 e. The van der Waals surface area contributed by atoms with Gasteiger partial charge in [-0.15, -0.1) is 0 Å². The molecule has 0 aliphatic carbocycles. The molecule has 6 nitrogen and oxygen atoms in total. The summed E-state index contributed by atoms with van der Waals surface area (Å²) in [5.41, 5.74) is 1.32. The number of hydrogen-bond acceptors (Lipinski definition) is 3. The van der Waals surface area contributed by atoms with E-state index in [4.69, 9.17) is 0 Å². The number of benzene rings is 2. The summed E-state index contributed by atoms with van der Waals surface area (Å²) in [4.78, 5) is 39.0. The molecule has 0 bridgehead atoms. The van der Waals surface area contributed by atoms with Crippen LogP contribution in [-0.4, -0.2) is 29.3 Å². The van der Waals surface area contributed by atoms with Crippen LogP contribution in [0.1, 0.15) is 30.9 Å². The molecule has 1 aliphatic heterocycles. The highest BCUT2D eigenvalue weighted by Gasteiger charge is 2.52. The van der Waals surface area contributed by atoms with Gasteiger partial charge in [0.2, 0.25) is 5.91 Å². The second-order valence-electron chi connectivity index (χ2n) is 6.76. The van der Waals surface area contributed by atoms with Crippen molar-refractivity contribution < 1.29 is 14.4 Å². The second kappa shape index (κ2) is 7.61. The molecule has 2 N–H and O–H groups in total. The minimum Gasteiger partial charge on any atom is -0.325 e. The van der Waals surface area contributed by atoms with Crippen LogP contribution in [0.5, 0.6) is 0 Å². The van der Waals surface area contributed by atoms with Crippen molar-refractivity contribution in [2.45, 2.75) is 32.2 Å². The Hall–Kier alpha value is -3.15. The number of nitrogens with zero attached hydrogens (tertiary/aromatic N) is 1. The fourth-order valence-corrected chi connectivity index (χ4v) is 3.36. The summed E-state index contributed by atoms with van der Waals surface area (Å²) in [6, 6.07) is 15.9. The van der Waals surface area contributed by atoms with Crippen LogP contribution in [0.4, 0.5) is 10.5 Å². The Labute approximate surface area is 158 Å². The lowest BCUT2D eigenvalue weighted by Gasteiger charge is -2.26. The van der Waals surface area contributed by atoms with Crippen LogP contribution in [0.25, 0.3) is 0 Å². The predicted molar refractivity (Wildman–Crippen MR) is 103 cm³/mol. The minimum absolute atomic E-state index is 0.323. The number of amides is 4. The molecule has 0 radical (unpaired) electrons. The zero-order valence-corrected chi connectivity index (χ0v) is 15.5. The van der Waals surface area contributed by atoms with Gasteiger partial charge in [-0.3, -0.25) is 14.5 Å². The molecular formula is C21H23N3O3. The first kappa shape index (κ1) is 18.6. The number of anilines is 1. The zero-order chi connectivity index (χ0) is 19.4. The molecule has 1 atom stereocenters. The van der Waals surface area contributed by atoms with Gasteiger partial charge in [-0.05, 0) is 31.0 Å². The van der Waals surface area contributed by atoms with E-state index in [1.54, 1.807) is 12.1 Å². The smallest absolute Gasteiger partial charge is 0.325 e. The molecule has 1 fully saturated rings. The van der Waals surface area contributed by atoms with Gasteiger partial charge in [0.25, 0.3) is 5.91 Å². The van der Waals surface area contributed by atoms with E-state index in [9.17, 15) is 14.4 Å². The van der Waals surface area contributed by atoms with Gasteiger partial charge in [0.05, 0.1) is 0 Å². The first-order valence-corrected chi connectivity index (χ1v) is 9.02. The highest BCUT2D eigenvalue weighted by atomic mass is 16.2. The topological polar surface area (TPSA) is 78.5 Å². The van der Waals surface area contributed by atoms with Crippen molar-refractivity contribution in [3.63, 3.8) is 0 Å². The highest BCUT2D eigenvalue weighted by Crippen LogP contribution is 2.33. The Kier molecular flexibility index (Phi) is 5.26. The number of nitrogens with one attached hydrogen (secondary N) is 2. The largest absolute Gasteiger partial charge is 0.325 e. The van der Waals surface area contributed by atoms with E-state index in [1.165, 1.54) is 0 Å². The van der Waals surface area contributed by atoms with E-state index >= 15 is 0 Å². The van der Waals surface area contributed by atoms with Crippen LogP contribution >= 0.6 is 0 Å². The van der Waals surface area contributed by atoms with Gasteiger partial charge < -0.3 is 10.6 Å². The van der Waals surface area contributed by atoms with Gasteiger partial charge in [-0.2, -0.15) is 0 Å².